The lowest BCUT2D eigenvalue weighted by Gasteiger charge is -2.08. The maximum absolute atomic E-state index is 11.1. The molecule has 0 aliphatic carbocycles. The van der Waals surface area contributed by atoms with Crippen molar-refractivity contribution in [2.24, 2.45) is 0 Å². The highest BCUT2D eigenvalue weighted by atomic mass is 32.2. The van der Waals surface area contributed by atoms with Crippen LogP contribution in [0.25, 0.3) is 0 Å². The first-order valence-electron chi connectivity index (χ1n) is 5.44. The van der Waals surface area contributed by atoms with E-state index in [4.69, 9.17) is 4.74 Å². The molecule has 0 aliphatic heterocycles. The molecule has 6 nitrogen and oxygen atoms in total. The maximum Gasteiger partial charge on any atom is 0.202 e. The molecule has 0 aliphatic rings. The topological polar surface area (TPSA) is 73.2 Å². The minimum atomic E-state index is -2.94. The summed E-state index contributed by atoms with van der Waals surface area (Å²) in [6.45, 7) is 1.87. The van der Waals surface area contributed by atoms with Crippen LogP contribution in [-0.4, -0.2) is 50.2 Å². The van der Waals surface area contributed by atoms with E-state index in [1.165, 1.54) is 6.26 Å². The van der Waals surface area contributed by atoms with Gasteiger partial charge in [-0.3, -0.25) is 0 Å². The largest absolute Gasteiger partial charge is 0.385 e. The average molecular weight is 261 g/mol. The highest BCUT2D eigenvalue weighted by molar-refractivity contribution is 7.90. The minimum absolute atomic E-state index is 0.121. The molecule has 0 unspecified atom stereocenters. The van der Waals surface area contributed by atoms with E-state index in [1.807, 2.05) is 0 Å². The number of methoxy groups -OCH3 is 1. The molecule has 0 spiro atoms. The summed E-state index contributed by atoms with van der Waals surface area (Å²) in [4.78, 5) is 4.13. The Morgan fingerprint density at radius 1 is 1.53 bits per heavy atom. The summed E-state index contributed by atoms with van der Waals surface area (Å²) in [7, 11) is -1.28. The molecule has 1 aromatic heterocycles. The number of sulfone groups is 1. The zero-order chi connectivity index (χ0) is 12.7. The molecule has 1 aromatic rings. The van der Waals surface area contributed by atoms with Crippen molar-refractivity contribution in [3.05, 3.63) is 12.4 Å². The quantitative estimate of drug-likeness (QED) is 0.685. The third kappa shape index (κ3) is 5.69. The highest BCUT2D eigenvalue weighted by Crippen LogP contribution is 2.04. The molecular weight excluding hydrogens is 242 g/mol. The van der Waals surface area contributed by atoms with E-state index in [0.717, 1.165) is 13.0 Å². The van der Waals surface area contributed by atoms with Gasteiger partial charge in [0, 0.05) is 45.5 Å². The molecule has 0 radical (unpaired) electrons. The lowest BCUT2D eigenvalue weighted by atomic mass is 10.4. The molecule has 7 heteroatoms. The standard InChI is InChI=1S/C10H19N3O3S/c1-16-8-3-4-11-10-12-5-6-13(10)7-9-17(2,14)15/h5-6H,3-4,7-9H2,1-2H3,(H,11,12). The second kappa shape index (κ2) is 6.61. The molecule has 0 atom stereocenters. The monoisotopic (exact) mass is 261 g/mol. The Bertz CT molecular complexity index is 428. The first kappa shape index (κ1) is 14.0. The number of rotatable bonds is 8. The van der Waals surface area contributed by atoms with Crippen LogP contribution in [0.4, 0.5) is 5.95 Å². The Labute approximate surface area is 102 Å². The maximum atomic E-state index is 11.1. The molecule has 0 fully saturated rings. The van der Waals surface area contributed by atoms with Gasteiger partial charge in [-0.1, -0.05) is 0 Å². The molecule has 0 saturated carbocycles. The van der Waals surface area contributed by atoms with Crippen LogP contribution in [-0.2, 0) is 21.1 Å². The molecule has 0 amide bonds. The third-order valence-electron chi connectivity index (χ3n) is 2.23. The van der Waals surface area contributed by atoms with Crippen molar-refractivity contribution in [2.45, 2.75) is 13.0 Å². The van der Waals surface area contributed by atoms with Crippen molar-refractivity contribution in [1.82, 2.24) is 9.55 Å². The van der Waals surface area contributed by atoms with Gasteiger partial charge < -0.3 is 14.6 Å². The lowest BCUT2D eigenvalue weighted by Crippen LogP contribution is -2.14. The van der Waals surface area contributed by atoms with Gasteiger partial charge in [-0.2, -0.15) is 0 Å². The fourth-order valence-corrected chi connectivity index (χ4v) is 1.87. The highest BCUT2D eigenvalue weighted by Gasteiger charge is 2.06. The van der Waals surface area contributed by atoms with Gasteiger partial charge in [0.2, 0.25) is 5.95 Å². The Balaban J connectivity index is 2.43. The third-order valence-corrected chi connectivity index (χ3v) is 3.15. The van der Waals surface area contributed by atoms with Crippen LogP contribution in [0.5, 0.6) is 0 Å². The fraction of sp³-hybridized carbons (Fsp3) is 0.700. The van der Waals surface area contributed by atoms with E-state index in [1.54, 1.807) is 24.1 Å². The number of imidazole rings is 1. The number of aromatic nitrogens is 2. The van der Waals surface area contributed by atoms with Crippen LogP contribution >= 0.6 is 0 Å². The first-order chi connectivity index (χ1) is 8.03. The van der Waals surface area contributed by atoms with E-state index in [-0.39, 0.29) is 5.75 Å². The SMILES string of the molecule is COCCCNc1nccn1CCS(C)(=O)=O. The van der Waals surface area contributed by atoms with Crippen LogP contribution < -0.4 is 5.32 Å². The summed E-state index contributed by atoms with van der Waals surface area (Å²) in [5.74, 6) is 0.820. The average Bonchev–Trinajstić information content (AvgIpc) is 2.68. The van der Waals surface area contributed by atoms with Crippen molar-refractivity contribution < 1.29 is 13.2 Å². The second-order valence-corrected chi connectivity index (χ2v) is 6.11. The van der Waals surface area contributed by atoms with Crippen molar-refractivity contribution in [3.63, 3.8) is 0 Å². The summed E-state index contributed by atoms with van der Waals surface area (Å²) < 4.78 is 28.9. The molecule has 1 rings (SSSR count). The number of nitrogens with one attached hydrogen (secondary N) is 1. The zero-order valence-electron chi connectivity index (χ0n) is 10.2. The lowest BCUT2D eigenvalue weighted by molar-refractivity contribution is 0.197. The Kier molecular flexibility index (Phi) is 5.43. The first-order valence-corrected chi connectivity index (χ1v) is 7.50. The molecule has 0 aromatic carbocycles. The molecular formula is C10H19N3O3S. The van der Waals surface area contributed by atoms with Crippen molar-refractivity contribution >= 4 is 15.8 Å². The second-order valence-electron chi connectivity index (χ2n) is 3.85. The normalized spacial score (nSPS) is 11.6. The van der Waals surface area contributed by atoms with E-state index in [0.29, 0.717) is 19.1 Å². The van der Waals surface area contributed by atoms with Crippen molar-refractivity contribution in [2.75, 3.05) is 37.6 Å². The van der Waals surface area contributed by atoms with Gasteiger partial charge in [-0.25, -0.2) is 13.4 Å². The Hall–Kier alpha value is -1.08. The molecule has 1 heterocycles. The van der Waals surface area contributed by atoms with Crippen LogP contribution in [0, 0.1) is 0 Å². The van der Waals surface area contributed by atoms with E-state index >= 15 is 0 Å². The van der Waals surface area contributed by atoms with Gasteiger partial charge in [0.25, 0.3) is 0 Å². The van der Waals surface area contributed by atoms with Gasteiger partial charge in [0.15, 0.2) is 0 Å². The minimum Gasteiger partial charge on any atom is -0.385 e. The van der Waals surface area contributed by atoms with Gasteiger partial charge in [-0.15, -0.1) is 0 Å². The molecule has 0 saturated heterocycles. The predicted molar refractivity (Wildman–Crippen MR) is 66.9 cm³/mol. The van der Waals surface area contributed by atoms with Gasteiger partial charge in [0.1, 0.15) is 9.84 Å². The summed E-state index contributed by atoms with van der Waals surface area (Å²) in [5, 5.41) is 3.14. The molecule has 0 bridgehead atoms. The molecule has 98 valence electrons. The Morgan fingerprint density at radius 2 is 2.29 bits per heavy atom. The summed E-state index contributed by atoms with van der Waals surface area (Å²) in [5.41, 5.74) is 0. The van der Waals surface area contributed by atoms with Gasteiger partial charge in [0.05, 0.1) is 5.75 Å². The van der Waals surface area contributed by atoms with Gasteiger partial charge >= 0.3 is 0 Å². The van der Waals surface area contributed by atoms with Gasteiger partial charge in [-0.05, 0) is 6.42 Å². The number of ether oxygens (including phenoxy) is 1. The number of aryl methyl sites for hydroxylation is 1. The number of hydrogen-bond acceptors (Lipinski definition) is 5. The number of hydrogen-bond donors (Lipinski definition) is 1. The van der Waals surface area contributed by atoms with E-state index < -0.39 is 9.84 Å². The molecule has 17 heavy (non-hydrogen) atoms. The van der Waals surface area contributed by atoms with Crippen LogP contribution in [0.2, 0.25) is 0 Å². The van der Waals surface area contributed by atoms with E-state index in [9.17, 15) is 8.42 Å². The van der Waals surface area contributed by atoms with Crippen molar-refractivity contribution in [1.29, 1.82) is 0 Å². The van der Waals surface area contributed by atoms with Crippen LogP contribution in [0.15, 0.2) is 12.4 Å². The zero-order valence-corrected chi connectivity index (χ0v) is 11.0. The fourth-order valence-electron chi connectivity index (χ4n) is 1.34. The summed E-state index contributed by atoms with van der Waals surface area (Å²) in [6.07, 6.45) is 5.54. The number of nitrogens with zero attached hydrogens (tertiary/aromatic N) is 2. The van der Waals surface area contributed by atoms with E-state index in [2.05, 4.69) is 10.3 Å². The molecule has 1 N–H and O–H groups in total. The van der Waals surface area contributed by atoms with Crippen molar-refractivity contribution in [3.8, 4) is 0 Å². The van der Waals surface area contributed by atoms with Crippen LogP contribution in [0.1, 0.15) is 6.42 Å². The number of anilines is 1. The smallest absolute Gasteiger partial charge is 0.202 e. The summed E-state index contributed by atoms with van der Waals surface area (Å²) in [6, 6.07) is 0. The summed E-state index contributed by atoms with van der Waals surface area (Å²) >= 11 is 0. The predicted octanol–water partition coefficient (Wildman–Crippen LogP) is 0.376. The van der Waals surface area contributed by atoms with Crippen LogP contribution in [0.3, 0.4) is 0 Å². The Morgan fingerprint density at radius 3 is 2.94 bits per heavy atom.